The summed E-state index contributed by atoms with van der Waals surface area (Å²) < 4.78 is 9.47. The van der Waals surface area contributed by atoms with Gasteiger partial charge in [0.05, 0.1) is 24.0 Å². The van der Waals surface area contributed by atoms with Gasteiger partial charge in [-0.3, -0.25) is 0 Å². The third-order valence-electron chi connectivity index (χ3n) is 3.74. The molecule has 0 aliphatic carbocycles. The minimum atomic E-state index is 0.714. The van der Waals surface area contributed by atoms with Crippen LogP contribution in [0.4, 0.5) is 16.5 Å². The van der Waals surface area contributed by atoms with E-state index in [1.807, 2.05) is 48.9 Å². The first-order chi connectivity index (χ1) is 11.5. The normalized spacial score (nSPS) is 11.3. The van der Waals surface area contributed by atoms with Crippen LogP contribution in [0.15, 0.2) is 46.6 Å². The zero-order chi connectivity index (χ0) is 17.3. The number of methoxy groups -OCH3 is 1. The van der Waals surface area contributed by atoms with Crippen molar-refractivity contribution >= 4 is 54.0 Å². The van der Waals surface area contributed by atoms with Crippen molar-refractivity contribution in [2.75, 3.05) is 11.8 Å². The lowest BCUT2D eigenvalue weighted by molar-refractivity contribution is -0.627. The highest BCUT2D eigenvalue weighted by molar-refractivity contribution is 7.21. The molecule has 0 amide bonds. The predicted octanol–water partition coefficient (Wildman–Crippen LogP) is 3.43. The Morgan fingerprint density at radius 1 is 1.12 bits per heavy atom. The standard InChI is InChI=1S/C16H15B2N4OS/c1-10-8-11(22(17)18)4-6-13(10)19-20-16-21(2)14-9-12(23-3)5-7-15(14)24-16/h4-9H,1-3H3/q+1. The molecule has 0 saturated heterocycles. The number of rotatable bonds is 4. The number of nitrogens with zero attached hydrogens (tertiary/aromatic N) is 4. The van der Waals surface area contributed by atoms with Gasteiger partial charge in [-0.15, -0.1) is 0 Å². The molecule has 3 rings (SSSR count). The molecule has 0 fully saturated rings. The Morgan fingerprint density at radius 2 is 1.92 bits per heavy atom. The van der Waals surface area contributed by atoms with Crippen molar-refractivity contribution in [3.8, 4) is 5.75 Å². The number of benzene rings is 2. The highest BCUT2D eigenvalue weighted by Gasteiger charge is 2.17. The van der Waals surface area contributed by atoms with Crippen LogP contribution in [0.3, 0.4) is 0 Å². The molecule has 0 aliphatic heterocycles. The fourth-order valence-corrected chi connectivity index (χ4v) is 3.29. The summed E-state index contributed by atoms with van der Waals surface area (Å²) in [5.74, 6) is 0.818. The fraction of sp³-hybridized carbons (Fsp3) is 0.188. The molecule has 2 aromatic carbocycles. The minimum absolute atomic E-state index is 0.714. The second-order valence-electron chi connectivity index (χ2n) is 5.36. The molecule has 0 unspecified atom stereocenters. The number of aryl methyl sites for hydroxylation is 2. The summed E-state index contributed by atoms with van der Waals surface area (Å²) >= 11 is 1.57. The number of azo groups is 1. The molecule has 0 N–H and O–H groups in total. The Bertz CT molecular complexity index is 924. The maximum Gasteiger partial charge on any atom is 0.409 e. The van der Waals surface area contributed by atoms with E-state index in [1.165, 1.54) is 0 Å². The van der Waals surface area contributed by atoms with Crippen molar-refractivity contribution in [2.24, 2.45) is 17.3 Å². The fourth-order valence-electron chi connectivity index (χ4n) is 2.34. The van der Waals surface area contributed by atoms with Gasteiger partial charge in [0, 0.05) is 11.8 Å². The zero-order valence-electron chi connectivity index (χ0n) is 13.7. The molecular formula is C16H15B2N4OS+. The van der Waals surface area contributed by atoms with E-state index in [1.54, 1.807) is 24.5 Å². The first-order valence-electron chi connectivity index (χ1n) is 7.28. The van der Waals surface area contributed by atoms with E-state index < -0.39 is 0 Å². The number of aromatic nitrogens is 1. The molecule has 3 aromatic rings. The summed E-state index contributed by atoms with van der Waals surface area (Å²) in [5, 5.41) is 9.56. The molecule has 1 heterocycles. The third kappa shape index (κ3) is 3.14. The number of hydrogen-bond donors (Lipinski definition) is 0. The summed E-state index contributed by atoms with van der Waals surface area (Å²) in [4.78, 5) is 0. The van der Waals surface area contributed by atoms with Gasteiger partial charge in [-0.2, -0.15) is 0 Å². The van der Waals surface area contributed by atoms with Crippen LogP contribution in [0.5, 0.6) is 5.75 Å². The van der Waals surface area contributed by atoms with Crippen LogP contribution in [-0.4, -0.2) is 23.1 Å². The third-order valence-corrected chi connectivity index (χ3v) is 4.84. The lowest BCUT2D eigenvalue weighted by Crippen LogP contribution is -2.25. The van der Waals surface area contributed by atoms with E-state index in [4.69, 9.17) is 20.7 Å². The predicted molar refractivity (Wildman–Crippen MR) is 98.9 cm³/mol. The van der Waals surface area contributed by atoms with E-state index in [0.717, 1.165) is 37.1 Å². The Balaban J connectivity index is 1.94. The largest absolute Gasteiger partial charge is 0.497 e. The molecule has 1 aromatic heterocycles. The maximum absolute atomic E-state index is 5.53. The number of hydrogen-bond acceptors (Lipinski definition) is 5. The molecule has 0 spiro atoms. The van der Waals surface area contributed by atoms with Crippen LogP contribution in [-0.2, 0) is 7.05 Å². The van der Waals surface area contributed by atoms with Gasteiger partial charge in [-0.05, 0) is 59.3 Å². The summed E-state index contributed by atoms with van der Waals surface area (Å²) in [5.41, 5.74) is 3.49. The van der Waals surface area contributed by atoms with E-state index in [-0.39, 0.29) is 0 Å². The van der Waals surface area contributed by atoms with Crippen LogP contribution in [0, 0.1) is 6.92 Å². The van der Waals surface area contributed by atoms with E-state index in [9.17, 15) is 0 Å². The molecule has 116 valence electrons. The quantitative estimate of drug-likeness (QED) is 0.417. The Kier molecular flexibility index (Phi) is 4.57. The number of thiazole rings is 1. The van der Waals surface area contributed by atoms with Crippen LogP contribution < -0.4 is 14.0 Å². The number of ether oxygens (including phenoxy) is 1. The smallest absolute Gasteiger partial charge is 0.409 e. The molecule has 0 aliphatic rings. The second kappa shape index (κ2) is 6.65. The number of anilines is 1. The molecule has 24 heavy (non-hydrogen) atoms. The van der Waals surface area contributed by atoms with Crippen LogP contribution in [0.2, 0.25) is 0 Å². The van der Waals surface area contributed by atoms with Gasteiger partial charge in [-0.25, -0.2) is 4.57 Å². The molecule has 8 heteroatoms. The van der Waals surface area contributed by atoms with Crippen molar-refractivity contribution in [3.63, 3.8) is 0 Å². The topological polar surface area (TPSA) is 41.1 Å². The van der Waals surface area contributed by atoms with Gasteiger partial charge in [0.1, 0.15) is 17.0 Å². The highest BCUT2D eigenvalue weighted by Crippen LogP contribution is 2.30. The Labute approximate surface area is 147 Å². The number of fused-ring (bicyclic) bond motifs is 1. The first-order valence-corrected chi connectivity index (χ1v) is 8.09. The molecule has 4 radical (unpaired) electrons. The molecule has 5 nitrogen and oxygen atoms in total. The van der Waals surface area contributed by atoms with E-state index in [0.29, 0.717) is 5.69 Å². The van der Waals surface area contributed by atoms with Gasteiger partial charge < -0.3 is 9.46 Å². The summed E-state index contributed by atoms with van der Waals surface area (Å²) in [7, 11) is 14.7. The lowest BCUT2D eigenvalue weighted by Gasteiger charge is -2.14. The molecular weight excluding hydrogens is 318 g/mol. The molecule has 0 saturated carbocycles. The monoisotopic (exact) mass is 333 g/mol. The zero-order valence-corrected chi connectivity index (χ0v) is 14.5. The second-order valence-corrected chi connectivity index (χ2v) is 6.36. The van der Waals surface area contributed by atoms with Crippen molar-refractivity contribution in [1.82, 2.24) is 0 Å². The minimum Gasteiger partial charge on any atom is -0.497 e. The van der Waals surface area contributed by atoms with Crippen LogP contribution >= 0.6 is 11.3 Å². The maximum atomic E-state index is 5.53. The lowest BCUT2D eigenvalue weighted by atomic mass is 10.1. The molecule has 0 bridgehead atoms. The average Bonchev–Trinajstić information content (AvgIpc) is 2.89. The summed E-state index contributed by atoms with van der Waals surface area (Å²) in [6.45, 7) is 1.94. The summed E-state index contributed by atoms with van der Waals surface area (Å²) in [6.07, 6.45) is 0. The van der Waals surface area contributed by atoms with E-state index >= 15 is 0 Å². The van der Waals surface area contributed by atoms with Gasteiger partial charge in [-0.1, -0.05) is 0 Å². The Morgan fingerprint density at radius 3 is 2.58 bits per heavy atom. The average molecular weight is 333 g/mol. The van der Waals surface area contributed by atoms with Crippen molar-refractivity contribution in [3.05, 3.63) is 42.0 Å². The summed E-state index contributed by atoms with van der Waals surface area (Å²) in [6, 6.07) is 11.5. The van der Waals surface area contributed by atoms with Crippen molar-refractivity contribution in [1.29, 1.82) is 0 Å². The van der Waals surface area contributed by atoms with Crippen LogP contribution in [0.25, 0.3) is 10.2 Å². The Hall–Kier alpha value is -2.34. The molecule has 0 atom stereocenters. The highest BCUT2D eigenvalue weighted by atomic mass is 32.1. The SMILES string of the molecule is [B]N([B])c1ccc(N=Nc2sc3ccc(OC)cc3[n+]2C)c(C)c1. The van der Waals surface area contributed by atoms with Crippen LogP contribution in [0.1, 0.15) is 5.56 Å². The van der Waals surface area contributed by atoms with Gasteiger partial charge in [0.25, 0.3) is 0 Å². The van der Waals surface area contributed by atoms with Gasteiger partial charge in [0.15, 0.2) is 0 Å². The first kappa shape index (κ1) is 16.5. The van der Waals surface area contributed by atoms with Gasteiger partial charge >= 0.3 is 5.13 Å². The van der Waals surface area contributed by atoms with Crippen molar-refractivity contribution < 1.29 is 9.30 Å². The van der Waals surface area contributed by atoms with E-state index in [2.05, 4.69) is 10.2 Å². The van der Waals surface area contributed by atoms with Gasteiger partial charge in [0.2, 0.25) is 16.0 Å². The van der Waals surface area contributed by atoms with Crippen molar-refractivity contribution in [2.45, 2.75) is 6.92 Å².